The summed E-state index contributed by atoms with van der Waals surface area (Å²) >= 11 is 0. The van der Waals surface area contributed by atoms with Crippen molar-refractivity contribution in [3.05, 3.63) is 65.0 Å². The van der Waals surface area contributed by atoms with E-state index < -0.39 is 6.10 Å². The maximum Gasteiger partial charge on any atom is 0.121 e. The van der Waals surface area contributed by atoms with E-state index >= 15 is 0 Å². The van der Waals surface area contributed by atoms with E-state index in [2.05, 4.69) is 44.8 Å². The monoisotopic (exact) mass is 269 g/mol. The van der Waals surface area contributed by atoms with Crippen molar-refractivity contribution in [3.63, 3.8) is 0 Å². The van der Waals surface area contributed by atoms with E-state index in [9.17, 15) is 5.11 Å². The van der Waals surface area contributed by atoms with Gasteiger partial charge in [0.25, 0.3) is 0 Å². The molecule has 0 saturated heterocycles. The van der Waals surface area contributed by atoms with Crippen molar-refractivity contribution in [2.45, 2.75) is 45.6 Å². The molecule has 1 atom stereocenters. The molecule has 0 spiro atoms. The van der Waals surface area contributed by atoms with Gasteiger partial charge in [-0.1, -0.05) is 58.0 Å². The molecule has 2 nitrogen and oxygen atoms in total. The third-order valence-corrected chi connectivity index (χ3v) is 3.66. The first kappa shape index (κ1) is 14.7. The molecular formula is C18H23NO. The third-order valence-electron chi connectivity index (χ3n) is 3.66. The number of benzene rings is 1. The fourth-order valence-electron chi connectivity index (χ4n) is 2.32. The van der Waals surface area contributed by atoms with Gasteiger partial charge in [0, 0.05) is 6.20 Å². The number of pyridine rings is 1. The molecule has 0 aliphatic carbocycles. The van der Waals surface area contributed by atoms with E-state index in [1.165, 1.54) is 5.56 Å². The van der Waals surface area contributed by atoms with Crippen LogP contribution in [0.15, 0.2) is 42.6 Å². The van der Waals surface area contributed by atoms with Gasteiger partial charge < -0.3 is 5.11 Å². The van der Waals surface area contributed by atoms with Crippen molar-refractivity contribution in [1.29, 1.82) is 0 Å². The summed E-state index contributed by atoms with van der Waals surface area (Å²) in [5.74, 6) is 0. The number of hydrogen-bond donors (Lipinski definition) is 1. The second-order valence-electron chi connectivity index (χ2n) is 6.18. The molecule has 0 saturated carbocycles. The highest BCUT2D eigenvalue weighted by atomic mass is 16.3. The molecule has 1 aromatic heterocycles. The van der Waals surface area contributed by atoms with E-state index in [1.807, 2.05) is 24.3 Å². The highest BCUT2D eigenvalue weighted by Gasteiger charge is 2.17. The standard InChI is InChI=1S/C18H23NO/c1-5-13-7-6-12-19-16(13)17(20)14-8-10-15(11-9-14)18(2,3)4/h6-12,17,20H,5H2,1-4H3. The minimum atomic E-state index is -0.653. The second-order valence-corrected chi connectivity index (χ2v) is 6.18. The molecular weight excluding hydrogens is 246 g/mol. The Kier molecular flexibility index (Phi) is 4.24. The minimum Gasteiger partial charge on any atom is -0.382 e. The smallest absolute Gasteiger partial charge is 0.121 e. The highest BCUT2D eigenvalue weighted by molar-refractivity contribution is 5.34. The Morgan fingerprint density at radius 3 is 2.30 bits per heavy atom. The second kappa shape index (κ2) is 5.76. The predicted molar refractivity (Wildman–Crippen MR) is 82.8 cm³/mol. The van der Waals surface area contributed by atoms with Crippen LogP contribution < -0.4 is 0 Å². The molecule has 1 unspecified atom stereocenters. The third kappa shape index (κ3) is 3.07. The number of aryl methyl sites for hydroxylation is 1. The summed E-state index contributed by atoms with van der Waals surface area (Å²) in [5, 5.41) is 10.5. The van der Waals surface area contributed by atoms with Crippen LogP contribution in [0.5, 0.6) is 0 Å². The van der Waals surface area contributed by atoms with Crippen molar-refractivity contribution in [3.8, 4) is 0 Å². The summed E-state index contributed by atoms with van der Waals surface area (Å²) < 4.78 is 0. The molecule has 0 fully saturated rings. The van der Waals surface area contributed by atoms with Gasteiger partial charge in [0.2, 0.25) is 0 Å². The lowest BCUT2D eigenvalue weighted by Crippen LogP contribution is -2.11. The summed E-state index contributed by atoms with van der Waals surface area (Å²) in [6, 6.07) is 12.1. The summed E-state index contributed by atoms with van der Waals surface area (Å²) in [4.78, 5) is 4.35. The molecule has 0 aliphatic heterocycles. The van der Waals surface area contributed by atoms with Crippen molar-refractivity contribution in [1.82, 2.24) is 4.98 Å². The lowest BCUT2D eigenvalue weighted by Gasteiger charge is -2.20. The summed E-state index contributed by atoms with van der Waals surface area (Å²) in [6.07, 6.45) is 1.96. The Hall–Kier alpha value is -1.67. The van der Waals surface area contributed by atoms with Gasteiger partial charge in [0.05, 0.1) is 5.69 Å². The van der Waals surface area contributed by atoms with E-state index in [1.54, 1.807) is 6.20 Å². The Morgan fingerprint density at radius 1 is 1.10 bits per heavy atom. The molecule has 20 heavy (non-hydrogen) atoms. The molecule has 0 aliphatic rings. The Labute approximate surface area is 121 Å². The number of aromatic nitrogens is 1. The number of hydrogen-bond acceptors (Lipinski definition) is 2. The fourth-order valence-corrected chi connectivity index (χ4v) is 2.32. The first-order valence-electron chi connectivity index (χ1n) is 7.15. The van der Waals surface area contributed by atoms with Crippen LogP contribution in [0.3, 0.4) is 0 Å². The van der Waals surface area contributed by atoms with E-state index in [4.69, 9.17) is 0 Å². The predicted octanol–water partition coefficient (Wildman–Crippen LogP) is 4.02. The number of aliphatic hydroxyl groups is 1. The van der Waals surface area contributed by atoms with Crippen molar-refractivity contribution >= 4 is 0 Å². The molecule has 2 rings (SSSR count). The number of rotatable bonds is 3. The molecule has 0 amide bonds. The zero-order valence-corrected chi connectivity index (χ0v) is 12.7. The minimum absolute atomic E-state index is 0.128. The lowest BCUT2D eigenvalue weighted by atomic mass is 9.86. The molecule has 2 aromatic rings. The fraction of sp³-hybridized carbons (Fsp3) is 0.389. The van der Waals surface area contributed by atoms with Gasteiger partial charge in [-0.25, -0.2) is 0 Å². The van der Waals surface area contributed by atoms with Gasteiger partial charge in [-0.3, -0.25) is 4.98 Å². The molecule has 1 heterocycles. The largest absolute Gasteiger partial charge is 0.382 e. The summed E-state index contributed by atoms with van der Waals surface area (Å²) in [5.41, 5.74) is 4.15. The van der Waals surface area contributed by atoms with Gasteiger partial charge in [0.1, 0.15) is 6.10 Å². The average molecular weight is 269 g/mol. The Balaban J connectivity index is 2.32. The molecule has 106 valence electrons. The lowest BCUT2D eigenvalue weighted by molar-refractivity contribution is 0.214. The van der Waals surface area contributed by atoms with Gasteiger partial charge in [-0.05, 0) is 34.6 Å². The average Bonchev–Trinajstić information content (AvgIpc) is 2.45. The molecule has 2 heteroatoms. The summed E-state index contributed by atoms with van der Waals surface area (Å²) in [6.45, 7) is 8.64. The maximum atomic E-state index is 10.5. The zero-order chi connectivity index (χ0) is 14.8. The van der Waals surface area contributed by atoms with Crippen LogP contribution in [0.25, 0.3) is 0 Å². The van der Waals surface area contributed by atoms with Gasteiger partial charge in [-0.2, -0.15) is 0 Å². The van der Waals surface area contributed by atoms with E-state index in [-0.39, 0.29) is 5.41 Å². The Bertz CT molecular complexity index is 567. The van der Waals surface area contributed by atoms with Crippen LogP contribution in [-0.2, 0) is 11.8 Å². The zero-order valence-electron chi connectivity index (χ0n) is 12.7. The Morgan fingerprint density at radius 2 is 1.75 bits per heavy atom. The normalized spacial score (nSPS) is 13.2. The van der Waals surface area contributed by atoms with Crippen LogP contribution in [0.1, 0.15) is 56.2 Å². The van der Waals surface area contributed by atoms with Gasteiger partial charge in [0.15, 0.2) is 0 Å². The van der Waals surface area contributed by atoms with Crippen LogP contribution in [-0.4, -0.2) is 10.1 Å². The molecule has 0 radical (unpaired) electrons. The highest BCUT2D eigenvalue weighted by Crippen LogP contribution is 2.27. The molecule has 1 aromatic carbocycles. The quantitative estimate of drug-likeness (QED) is 0.912. The van der Waals surface area contributed by atoms with Gasteiger partial charge >= 0.3 is 0 Å². The summed E-state index contributed by atoms with van der Waals surface area (Å²) in [7, 11) is 0. The molecule has 0 bridgehead atoms. The number of aliphatic hydroxyl groups excluding tert-OH is 1. The van der Waals surface area contributed by atoms with Crippen LogP contribution in [0.4, 0.5) is 0 Å². The first-order valence-corrected chi connectivity index (χ1v) is 7.15. The topological polar surface area (TPSA) is 33.1 Å². The van der Waals surface area contributed by atoms with Crippen molar-refractivity contribution < 1.29 is 5.11 Å². The first-order chi connectivity index (χ1) is 9.43. The van der Waals surface area contributed by atoms with E-state index in [0.717, 1.165) is 23.2 Å². The van der Waals surface area contributed by atoms with E-state index in [0.29, 0.717) is 0 Å². The van der Waals surface area contributed by atoms with Crippen LogP contribution in [0, 0.1) is 0 Å². The maximum absolute atomic E-state index is 10.5. The molecule has 1 N–H and O–H groups in total. The van der Waals surface area contributed by atoms with Crippen LogP contribution in [0.2, 0.25) is 0 Å². The SMILES string of the molecule is CCc1cccnc1C(O)c1ccc(C(C)(C)C)cc1. The van der Waals surface area contributed by atoms with Crippen LogP contribution >= 0.6 is 0 Å². The number of nitrogens with zero attached hydrogens (tertiary/aromatic N) is 1. The van der Waals surface area contributed by atoms with Crippen molar-refractivity contribution in [2.24, 2.45) is 0 Å². The van der Waals surface area contributed by atoms with Gasteiger partial charge in [-0.15, -0.1) is 0 Å². The van der Waals surface area contributed by atoms with Crippen molar-refractivity contribution in [2.75, 3.05) is 0 Å².